The number of piperazine rings is 1. The molecule has 0 bridgehead atoms. The van der Waals surface area contributed by atoms with Crippen LogP contribution in [0, 0.1) is 11.7 Å². The lowest BCUT2D eigenvalue weighted by atomic mass is 10.0. The molecule has 3 amide bonds. The van der Waals surface area contributed by atoms with Crippen molar-refractivity contribution in [1.29, 1.82) is 0 Å². The number of amides is 3. The third kappa shape index (κ3) is 7.06. The molecule has 1 aromatic rings. The molecule has 11 heteroatoms. The molecular weight excluding hydrogens is 446 g/mol. The summed E-state index contributed by atoms with van der Waals surface area (Å²) in [5.74, 6) is -2.69. The van der Waals surface area contributed by atoms with Crippen molar-refractivity contribution in [3.8, 4) is 0 Å². The van der Waals surface area contributed by atoms with Gasteiger partial charge in [0, 0.05) is 31.7 Å². The molecule has 0 aromatic heterocycles. The van der Waals surface area contributed by atoms with E-state index in [9.17, 15) is 31.9 Å². The molecule has 0 radical (unpaired) electrons. The molecule has 1 saturated heterocycles. The van der Waals surface area contributed by atoms with Crippen LogP contribution in [0.2, 0.25) is 0 Å². The van der Waals surface area contributed by atoms with Gasteiger partial charge in [-0.05, 0) is 44.9 Å². The van der Waals surface area contributed by atoms with Crippen molar-refractivity contribution in [2.24, 2.45) is 5.92 Å². The summed E-state index contributed by atoms with van der Waals surface area (Å²) in [5, 5.41) is 2.59. The minimum Gasteiger partial charge on any atom is -0.444 e. The summed E-state index contributed by atoms with van der Waals surface area (Å²) in [5.41, 5.74) is -2.36. The van der Waals surface area contributed by atoms with Gasteiger partial charge < -0.3 is 19.9 Å². The third-order valence-electron chi connectivity index (χ3n) is 5.00. The molecular formula is C22H29F4N3O4. The maximum atomic E-state index is 13.8. The van der Waals surface area contributed by atoms with Crippen LogP contribution in [0.15, 0.2) is 18.2 Å². The maximum Gasteiger partial charge on any atom is 0.419 e. The fraction of sp³-hybridized carbons (Fsp3) is 0.591. The molecule has 1 aliphatic heterocycles. The fourth-order valence-corrected chi connectivity index (χ4v) is 3.34. The Hall–Kier alpha value is -2.85. The molecule has 1 aliphatic rings. The van der Waals surface area contributed by atoms with E-state index in [0.29, 0.717) is 12.1 Å². The minimum absolute atomic E-state index is 0.116. The van der Waals surface area contributed by atoms with Crippen LogP contribution in [0.4, 0.5) is 22.4 Å². The highest BCUT2D eigenvalue weighted by molar-refractivity contribution is 5.94. The van der Waals surface area contributed by atoms with Crippen LogP contribution in [0.25, 0.3) is 0 Å². The van der Waals surface area contributed by atoms with Crippen molar-refractivity contribution in [3.05, 3.63) is 35.1 Å². The number of halogens is 4. The van der Waals surface area contributed by atoms with Gasteiger partial charge in [0.05, 0.1) is 5.56 Å². The van der Waals surface area contributed by atoms with Crippen LogP contribution >= 0.6 is 0 Å². The number of ether oxygens (including phenoxy) is 1. The molecule has 7 nitrogen and oxygen atoms in total. The zero-order chi connectivity index (χ0) is 25.1. The van der Waals surface area contributed by atoms with Gasteiger partial charge in [0.25, 0.3) is 5.91 Å². The van der Waals surface area contributed by atoms with Gasteiger partial charge >= 0.3 is 12.3 Å². The number of benzene rings is 1. The summed E-state index contributed by atoms with van der Waals surface area (Å²) in [7, 11) is 0. The molecule has 1 fully saturated rings. The lowest BCUT2D eigenvalue weighted by Gasteiger charge is -2.37. The Bertz CT molecular complexity index is 889. The van der Waals surface area contributed by atoms with Crippen LogP contribution in [0.1, 0.15) is 50.5 Å². The topological polar surface area (TPSA) is 79.0 Å². The number of carbonyl (C=O) groups excluding carboxylic acids is 3. The van der Waals surface area contributed by atoms with E-state index < -0.39 is 41.2 Å². The smallest absolute Gasteiger partial charge is 0.419 e. The first-order valence-electron chi connectivity index (χ1n) is 10.5. The second-order valence-corrected chi connectivity index (χ2v) is 9.18. The minimum atomic E-state index is -4.85. The van der Waals surface area contributed by atoms with Gasteiger partial charge in [-0.25, -0.2) is 9.18 Å². The molecule has 1 heterocycles. The van der Waals surface area contributed by atoms with Crippen molar-refractivity contribution >= 4 is 17.9 Å². The predicted octanol–water partition coefficient (Wildman–Crippen LogP) is 3.68. The number of alkyl halides is 3. The van der Waals surface area contributed by atoms with Gasteiger partial charge in [-0.1, -0.05) is 13.8 Å². The Balaban J connectivity index is 2.01. The maximum absolute atomic E-state index is 13.8. The van der Waals surface area contributed by atoms with Crippen LogP contribution in [0.3, 0.4) is 0 Å². The molecule has 1 aromatic carbocycles. The van der Waals surface area contributed by atoms with E-state index >= 15 is 0 Å². The molecule has 0 spiro atoms. The molecule has 33 heavy (non-hydrogen) atoms. The Labute approximate surface area is 190 Å². The highest BCUT2D eigenvalue weighted by Crippen LogP contribution is 2.31. The van der Waals surface area contributed by atoms with Gasteiger partial charge in [-0.2, -0.15) is 13.2 Å². The standard InChI is InChI=1S/C22H29F4N3O4/c1-13(2)17(27-20(32)33-21(3,4)5)19(31)29-10-8-28(9-11-29)18(30)14-6-7-15(16(23)12-14)22(24,25)26/h6-7,12-13,17H,8-11H2,1-5H3,(H,27,32)/t17-/m0/s1. The largest absolute Gasteiger partial charge is 0.444 e. The second-order valence-electron chi connectivity index (χ2n) is 9.18. The van der Waals surface area contributed by atoms with Crippen LogP contribution in [0.5, 0.6) is 0 Å². The first kappa shape index (κ1) is 26.4. The van der Waals surface area contributed by atoms with Crippen LogP contribution in [-0.2, 0) is 15.7 Å². The number of hydrogen-bond acceptors (Lipinski definition) is 4. The van der Waals surface area contributed by atoms with Crippen molar-refractivity contribution < 1.29 is 36.7 Å². The van der Waals surface area contributed by atoms with E-state index in [1.54, 1.807) is 34.6 Å². The summed E-state index contributed by atoms with van der Waals surface area (Å²) in [6, 6.07) is 1.22. The third-order valence-corrected chi connectivity index (χ3v) is 5.00. The monoisotopic (exact) mass is 475 g/mol. The summed E-state index contributed by atoms with van der Waals surface area (Å²) in [6.45, 7) is 9.22. The Kier molecular flexibility index (Phi) is 7.97. The molecule has 1 atom stereocenters. The van der Waals surface area contributed by atoms with Crippen LogP contribution < -0.4 is 5.32 Å². The van der Waals surface area contributed by atoms with E-state index in [1.807, 2.05) is 0 Å². The van der Waals surface area contributed by atoms with Gasteiger partial charge in [-0.3, -0.25) is 9.59 Å². The number of rotatable bonds is 4. The van der Waals surface area contributed by atoms with E-state index in [0.717, 1.165) is 6.07 Å². The van der Waals surface area contributed by atoms with Gasteiger partial charge in [-0.15, -0.1) is 0 Å². The molecule has 1 N–H and O–H groups in total. The normalized spacial score (nSPS) is 15.9. The first-order chi connectivity index (χ1) is 15.1. The zero-order valence-electron chi connectivity index (χ0n) is 19.3. The van der Waals surface area contributed by atoms with Crippen molar-refractivity contribution in [1.82, 2.24) is 15.1 Å². The number of nitrogens with one attached hydrogen (secondary N) is 1. The fourth-order valence-electron chi connectivity index (χ4n) is 3.34. The average Bonchev–Trinajstić information content (AvgIpc) is 2.68. The number of alkyl carbamates (subject to hydrolysis) is 1. The highest BCUT2D eigenvalue weighted by Gasteiger charge is 2.36. The van der Waals surface area contributed by atoms with E-state index in [-0.39, 0.29) is 43.6 Å². The van der Waals surface area contributed by atoms with Gasteiger partial charge in [0.1, 0.15) is 17.5 Å². The van der Waals surface area contributed by atoms with Crippen molar-refractivity contribution in [3.63, 3.8) is 0 Å². The summed E-state index contributed by atoms with van der Waals surface area (Å²) < 4.78 is 57.2. The van der Waals surface area contributed by atoms with Crippen molar-refractivity contribution in [2.45, 2.75) is 52.4 Å². The predicted molar refractivity (Wildman–Crippen MR) is 112 cm³/mol. The van der Waals surface area contributed by atoms with Crippen LogP contribution in [-0.4, -0.2) is 65.5 Å². The zero-order valence-corrected chi connectivity index (χ0v) is 19.3. The first-order valence-corrected chi connectivity index (χ1v) is 10.5. The Morgan fingerprint density at radius 2 is 1.55 bits per heavy atom. The lowest BCUT2D eigenvalue weighted by Crippen LogP contribution is -2.57. The Morgan fingerprint density at radius 3 is 2.00 bits per heavy atom. The molecule has 0 aliphatic carbocycles. The van der Waals surface area contributed by atoms with E-state index in [1.165, 1.54) is 9.80 Å². The van der Waals surface area contributed by atoms with E-state index in [4.69, 9.17) is 4.74 Å². The van der Waals surface area contributed by atoms with Gasteiger partial charge in [0.15, 0.2) is 0 Å². The second kappa shape index (κ2) is 9.96. The number of hydrogen-bond donors (Lipinski definition) is 1. The van der Waals surface area contributed by atoms with Crippen molar-refractivity contribution in [2.75, 3.05) is 26.2 Å². The highest BCUT2D eigenvalue weighted by atomic mass is 19.4. The quantitative estimate of drug-likeness (QED) is 0.674. The van der Waals surface area contributed by atoms with E-state index in [2.05, 4.69) is 5.32 Å². The summed E-state index contributed by atoms with van der Waals surface area (Å²) in [4.78, 5) is 40.5. The SMILES string of the molecule is CC(C)[C@H](NC(=O)OC(C)(C)C)C(=O)N1CCN(C(=O)c2ccc(C(F)(F)F)c(F)c2)CC1. The molecule has 0 saturated carbocycles. The molecule has 184 valence electrons. The lowest BCUT2D eigenvalue weighted by molar-refractivity contribution is -0.140. The summed E-state index contributed by atoms with van der Waals surface area (Å²) in [6.07, 6.45) is -5.56. The Morgan fingerprint density at radius 1 is 1.00 bits per heavy atom. The molecule has 2 rings (SSSR count). The number of carbonyl (C=O) groups is 3. The molecule has 0 unspecified atom stereocenters. The van der Waals surface area contributed by atoms with Gasteiger partial charge in [0.2, 0.25) is 5.91 Å². The number of nitrogens with zero attached hydrogens (tertiary/aromatic N) is 2. The average molecular weight is 475 g/mol. The summed E-state index contributed by atoms with van der Waals surface area (Å²) >= 11 is 0.